The summed E-state index contributed by atoms with van der Waals surface area (Å²) in [6.45, 7) is 0.308. The molecule has 1 amide bonds. The van der Waals surface area contributed by atoms with Crippen LogP contribution in [0, 0.1) is 12.3 Å². The molecule has 0 saturated carbocycles. The van der Waals surface area contributed by atoms with Crippen LogP contribution in [0.25, 0.3) is 0 Å². The number of terminal acetylenes is 1. The van der Waals surface area contributed by atoms with E-state index in [4.69, 9.17) is 15.9 Å². The van der Waals surface area contributed by atoms with Gasteiger partial charge in [-0.05, 0) is 29.8 Å². The number of rotatable bonds is 7. The van der Waals surface area contributed by atoms with E-state index < -0.39 is 24.2 Å². The minimum atomic E-state index is -1.07. The van der Waals surface area contributed by atoms with Crippen LogP contribution in [0.5, 0.6) is 5.75 Å². The predicted molar refractivity (Wildman–Crippen MR) is 102 cm³/mol. The van der Waals surface area contributed by atoms with Crippen LogP contribution in [0.15, 0.2) is 54.6 Å². The lowest BCUT2D eigenvalue weighted by Crippen LogP contribution is -2.69. The van der Waals surface area contributed by atoms with E-state index in [0.29, 0.717) is 17.9 Å². The lowest BCUT2D eigenvalue weighted by atomic mass is 9.90. The molecule has 3 atom stereocenters. The number of carbonyl (C=O) groups is 2. The lowest BCUT2D eigenvalue weighted by molar-refractivity contribution is -0.178. The Hall–Kier alpha value is -3.30. The highest BCUT2D eigenvalue weighted by atomic mass is 16.6. The van der Waals surface area contributed by atoms with Crippen molar-refractivity contribution in [2.75, 3.05) is 7.11 Å². The van der Waals surface area contributed by atoms with Gasteiger partial charge in [0.05, 0.1) is 18.8 Å². The molecule has 0 radical (unpaired) electrons. The molecule has 0 spiro atoms. The molecule has 1 aliphatic rings. The number of ether oxygens (including phenoxy) is 2. The van der Waals surface area contributed by atoms with Crippen molar-refractivity contribution in [2.24, 2.45) is 0 Å². The van der Waals surface area contributed by atoms with E-state index in [1.807, 2.05) is 30.3 Å². The molecule has 6 nitrogen and oxygen atoms in total. The van der Waals surface area contributed by atoms with Crippen molar-refractivity contribution in [3.05, 3.63) is 65.7 Å². The maximum absolute atomic E-state index is 12.6. The van der Waals surface area contributed by atoms with Crippen molar-refractivity contribution in [3.63, 3.8) is 0 Å². The standard InChI is InChI=1S/C22H21NO5/c1-3-7-18(24)19-20(21(25)23(19)14-15-8-5-4-6-9-15)28-22(26)16-10-12-17(27-2)13-11-16/h1,4-6,8-13,18-20,24H,7,14H2,2H3/t18-,19+,20-/m1/s1. The number of nitrogens with zero attached hydrogens (tertiary/aromatic N) is 1. The van der Waals surface area contributed by atoms with Gasteiger partial charge in [-0.2, -0.15) is 0 Å². The highest BCUT2D eigenvalue weighted by Crippen LogP contribution is 2.30. The Labute approximate surface area is 163 Å². The second-order valence-electron chi connectivity index (χ2n) is 6.47. The lowest BCUT2D eigenvalue weighted by Gasteiger charge is -2.47. The number of amides is 1. The maximum Gasteiger partial charge on any atom is 0.338 e. The Morgan fingerprint density at radius 2 is 1.89 bits per heavy atom. The van der Waals surface area contributed by atoms with Gasteiger partial charge in [-0.1, -0.05) is 30.3 Å². The fourth-order valence-corrected chi connectivity index (χ4v) is 3.18. The van der Waals surface area contributed by atoms with Gasteiger partial charge in [-0.25, -0.2) is 4.79 Å². The second kappa shape index (κ2) is 8.59. The van der Waals surface area contributed by atoms with E-state index in [2.05, 4.69) is 5.92 Å². The van der Waals surface area contributed by atoms with Crippen LogP contribution in [0.3, 0.4) is 0 Å². The molecule has 6 heteroatoms. The summed E-state index contributed by atoms with van der Waals surface area (Å²) < 4.78 is 10.5. The fraction of sp³-hybridized carbons (Fsp3) is 0.273. The van der Waals surface area contributed by atoms with Gasteiger partial charge in [0.25, 0.3) is 5.91 Å². The normalized spacial score (nSPS) is 19.3. The van der Waals surface area contributed by atoms with Gasteiger partial charge in [0.1, 0.15) is 11.8 Å². The van der Waals surface area contributed by atoms with E-state index in [1.54, 1.807) is 24.3 Å². The summed E-state index contributed by atoms with van der Waals surface area (Å²) in [4.78, 5) is 26.5. The highest BCUT2D eigenvalue weighted by molar-refractivity contribution is 5.95. The number of β-lactam (4-membered cyclic amide) rings is 1. The number of carbonyl (C=O) groups excluding carboxylic acids is 2. The summed E-state index contributed by atoms with van der Waals surface area (Å²) in [7, 11) is 1.53. The molecule has 2 aromatic rings. The number of aliphatic hydroxyl groups is 1. The first-order valence-electron chi connectivity index (χ1n) is 8.86. The van der Waals surface area contributed by atoms with Crippen LogP contribution >= 0.6 is 0 Å². The zero-order valence-electron chi connectivity index (χ0n) is 15.4. The van der Waals surface area contributed by atoms with Crippen LogP contribution in [-0.2, 0) is 16.1 Å². The largest absolute Gasteiger partial charge is 0.497 e. The molecule has 3 rings (SSSR count). The molecule has 2 aromatic carbocycles. The molecular formula is C22H21NO5. The molecule has 28 heavy (non-hydrogen) atoms. The van der Waals surface area contributed by atoms with Crippen molar-refractivity contribution in [3.8, 4) is 18.1 Å². The molecular weight excluding hydrogens is 358 g/mol. The number of hydrogen-bond donors (Lipinski definition) is 1. The summed E-state index contributed by atoms with van der Waals surface area (Å²) >= 11 is 0. The third-order valence-corrected chi connectivity index (χ3v) is 4.67. The number of likely N-dealkylation sites (tertiary alicyclic amines) is 1. The first-order valence-corrected chi connectivity index (χ1v) is 8.86. The van der Waals surface area contributed by atoms with Crippen molar-refractivity contribution in [1.29, 1.82) is 0 Å². The van der Waals surface area contributed by atoms with Crippen LogP contribution in [-0.4, -0.2) is 47.2 Å². The Morgan fingerprint density at radius 1 is 1.21 bits per heavy atom. The molecule has 0 unspecified atom stereocenters. The van der Waals surface area contributed by atoms with Crippen LogP contribution in [0.1, 0.15) is 22.3 Å². The third kappa shape index (κ3) is 4.00. The van der Waals surface area contributed by atoms with Gasteiger partial charge < -0.3 is 19.5 Å². The molecule has 144 valence electrons. The van der Waals surface area contributed by atoms with Gasteiger partial charge in [0.15, 0.2) is 0 Å². The SMILES string of the molecule is C#CC[C@@H](O)[C@H]1[C@@H](OC(=O)c2ccc(OC)cc2)C(=O)N1Cc1ccccc1. The van der Waals surface area contributed by atoms with Crippen LogP contribution in [0.4, 0.5) is 0 Å². The van der Waals surface area contributed by atoms with Crippen molar-refractivity contribution in [1.82, 2.24) is 4.90 Å². The molecule has 1 saturated heterocycles. The summed E-state index contributed by atoms with van der Waals surface area (Å²) in [6, 6.07) is 15.1. The van der Waals surface area contributed by atoms with E-state index in [9.17, 15) is 14.7 Å². The second-order valence-corrected chi connectivity index (χ2v) is 6.47. The molecule has 0 bridgehead atoms. The number of methoxy groups -OCH3 is 1. The average Bonchev–Trinajstić information content (AvgIpc) is 2.73. The predicted octanol–water partition coefficient (Wildman–Crippen LogP) is 2.02. The smallest absolute Gasteiger partial charge is 0.338 e. The van der Waals surface area contributed by atoms with E-state index >= 15 is 0 Å². The highest BCUT2D eigenvalue weighted by Gasteiger charge is 2.53. The van der Waals surface area contributed by atoms with Crippen LogP contribution < -0.4 is 4.74 Å². The molecule has 1 aliphatic heterocycles. The van der Waals surface area contributed by atoms with Gasteiger partial charge in [0.2, 0.25) is 6.10 Å². The zero-order chi connectivity index (χ0) is 20.1. The molecule has 1 N–H and O–H groups in total. The molecule has 0 aliphatic carbocycles. The fourth-order valence-electron chi connectivity index (χ4n) is 3.18. The Morgan fingerprint density at radius 3 is 2.50 bits per heavy atom. The molecule has 1 heterocycles. The van der Waals surface area contributed by atoms with Crippen molar-refractivity contribution < 1.29 is 24.2 Å². The molecule has 1 fully saturated rings. The topological polar surface area (TPSA) is 76.1 Å². The number of esters is 1. The van der Waals surface area contributed by atoms with Crippen molar-refractivity contribution >= 4 is 11.9 Å². The number of hydrogen-bond acceptors (Lipinski definition) is 5. The maximum atomic E-state index is 12.6. The van der Waals surface area contributed by atoms with Gasteiger partial charge in [-0.15, -0.1) is 12.3 Å². The Balaban J connectivity index is 1.74. The minimum absolute atomic E-state index is 0.0554. The average molecular weight is 379 g/mol. The van der Waals surface area contributed by atoms with Crippen molar-refractivity contribution in [2.45, 2.75) is 31.2 Å². The van der Waals surface area contributed by atoms with E-state index in [1.165, 1.54) is 12.0 Å². The van der Waals surface area contributed by atoms with E-state index in [-0.39, 0.29) is 12.3 Å². The zero-order valence-corrected chi connectivity index (χ0v) is 15.4. The number of benzene rings is 2. The first-order chi connectivity index (χ1) is 13.5. The van der Waals surface area contributed by atoms with Gasteiger partial charge in [-0.3, -0.25) is 4.79 Å². The summed E-state index contributed by atoms with van der Waals surface area (Å²) in [5.74, 6) is 2.00. The first kappa shape index (κ1) is 19.5. The minimum Gasteiger partial charge on any atom is -0.497 e. The van der Waals surface area contributed by atoms with Gasteiger partial charge in [0, 0.05) is 13.0 Å². The summed E-state index contributed by atoms with van der Waals surface area (Å²) in [5, 5.41) is 10.4. The van der Waals surface area contributed by atoms with E-state index in [0.717, 1.165) is 5.56 Å². The third-order valence-electron chi connectivity index (χ3n) is 4.67. The summed E-state index contributed by atoms with van der Waals surface area (Å²) in [6.07, 6.45) is 3.31. The van der Waals surface area contributed by atoms with Crippen LogP contribution in [0.2, 0.25) is 0 Å². The summed E-state index contributed by atoms with van der Waals surface area (Å²) in [5.41, 5.74) is 1.20. The Kier molecular flexibility index (Phi) is 5.97. The number of aliphatic hydroxyl groups excluding tert-OH is 1. The Bertz CT molecular complexity index is 872. The monoisotopic (exact) mass is 379 g/mol. The van der Waals surface area contributed by atoms with Gasteiger partial charge >= 0.3 is 5.97 Å². The quantitative estimate of drug-likeness (QED) is 0.453. The molecule has 0 aromatic heterocycles.